The third kappa shape index (κ3) is 3.32. The van der Waals surface area contributed by atoms with Gasteiger partial charge in [-0.3, -0.25) is 15.6 Å². The minimum Gasteiger partial charge on any atom is -0.298 e. The molecule has 4 aliphatic rings. The first kappa shape index (κ1) is 18.9. The van der Waals surface area contributed by atoms with Gasteiger partial charge in [0.05, 0.1) is 17.1 Å². The third-order valence-corrected chi connectivity index (χ3v) is 7.52. The van der Waals surface area contributed by atoms with E-state index in [1.54, 1.807) is 0 Å². The number of amides is 1. The predicted molar refractivity (Wildman–Crippen MR) is 122 cm³/mol. The maximum atomic E-state index is 13.3. The Balaban J connectivity index is 1.43. The van der Waals surface area contributed by atoms with Crippen molar-refractivity contribution >= 4 is 23.2 Å². The lowest BCUT2D eigenvalue weighted by atomic mass is 9.67. The summed E-state index contributed by atoms with van der Waals surface area (Å²) in [4.78, 5) is 13.3. The lowest BCUT2D eigenvalue weighted by molar-refractivity contribution is 0.0954. The first-order valence-electron chi connectivity index (χ1n) is 11.2. The van der Waals surface area contributed by atoms with Crippen LogP contribution in [0.1, 0.15) is 65.7 Å². The number of hydrazine groups is 1. The summed E-state index contributed by atoms with van der Waals surface area (Å²) in [7, 11) is 0. The van der Waals surface area contributed by atoms with Crippen molar-refractivity contribution in [3.05, 3.63) is 76.6 Å². The fourth-order valence-electron chi connectivity index (χ4n) is 6.20. The van der Waals surface area contributed by atoms with Gasteiger partial charge < -0.3 is 0 Å². The van der Waals surface area contributed by atoms with Gasteiger partial charge in [-0.25, -0.2) is 4.68 Å². The quantitative estimate of drug-likeness (QED) is 0.522. The number of hydrogen-bond acceptors (Lipinski definition) is 3. The van der Waals surface area contributed by atoms with Crippen LogP contribution < -0.4 is 10.9 Å². The van der Waals surface area contributed by atoms with Gasteiger partial charge >= 0.3 is 0 Å². The van der Waals surface area contributed by atoms with Gasteiger partial charge in [-0.1, -0.05) is 29.8 Å². The Bertz CT molecular complexity index is 1110. The second-order valence-corrected chi connectivity index (χ2v) is 9.72. The second kappa shape index (κ2) is 7.41. The molecule has 1 amide bonds. The van der Waals surface area contributed by atoms with E-state index in [4.69, 9.17) is 16.7 Å². The van der Waals surface area contributed by atoms with E-state index in [1.807, 2.05) is 59.3 Å². The van der Waals surface area contributed by atoms with Gasteiger partial charge in [-0.05, 0) is 86.3 Å². The molecule has 2 fully saturated rings. The molecule has 158 valence electrons. The Kier molecular flexibility index (Phi) is 4.53. The van der Waals surface area contributed by atoms with E-state index in [0.717, 1.165) is 23.2 Å². The Morgan fingerprint density at radius 3 is 2.29 bits per heavy atom. The van der Waals surface area contributed by atoms with Crippen LogP contribution in [0.5, 0.6) is 0 Å². The van der Waals surface area contributed by atoms with Gasteiger partial charge in [-0.15, -0.1) is 0 Å². The van der Waals surface area contributed by atoms with Crippen molar-refractivity contribution < 1.29 is 4.79 Å². The van der Waals surface area contributed by atoms with Crippen LogP contribution in [-0.2, 0) is 0 Å². The van der Waals surface area contributed by atoms with Crippen molar-refractivity contribution in [2.75, 3.05) is 5.43 Å². The number of carbonyl (C=O) groups excluding carboxylic acids is 1. The maximum absolute atomic E-state index is 13.3. The van der Waals surface area contributed by atoms with Crippen molar-refractivity contribution in [2.45, 2.75) is 43.9 Å². The molecule has 3 aromatic rings. The number of nitrogens with one attached hydrogen (secondary N) is 2. The fourth-order valence-corrected chi connectivity index (χ4v) is 6.33. The average molecular weight is 433 g/mol. The van der Waals surface area contributed by atoms with Crippen LogP contribution in [0, 0.1) is 11.8 Å². The molecule has 0 spiro atoms. The molecule has 0 saturated heterocycles. The zero-order chi connectivity index (χ0) is 20.9. The number of aromatic nitrogens is 2. The highest BCUT2D eigenvalue weighted by molar-refractivity contribution is 6.30. The minimum absolute atomic E-state index is 0.172. The van der Waals surface area contributed by atoms with Crippen LogP contribution in [0.25, 0.3) is 5.69 Å². The molecule has 2 N–H and O–H groups in total. The normalized spacial score (nSPS) is 25.7. The Labute approximate surface area is 186 Å². The van der Waals surface area contributed by atoms with E-state index in [2.05, 4.69) is 10.9 Å². The van der Waals surface area contributed by atoms with E-state index in [-0.39, 0.29) is 5.91 Å². The first-order chi connectivity index (χ1) is 15.2. The SMILES string of the molecule is O=C(NNc1ccccc1)c1nn(-c2ccc(Cl)cc2)c2c1C1CC3CC(C1)CC2C3. The maximum Gasteiger partial charge on any atom is 0.290 e. The summed E-state index contributed by atoms with van der Waals surface area (Å²) in [6.45, 7) is 0. The molecular formula is C25H25ClN4O. The summed E-state index contributed by atoms with van der Waals surface area (Å²) in [5, 5.41) is 5.59. The van der Waals surface area contributed by atoms with Crippen molar-refractivity contribution in [3.8, 4) is 5.69 Å². The smallest absolute Gasteiger partial charge is 0.290 e. The van der Waals surface area contributed by atoms with Gasteiger partial charge in [0.1, 0.15) is 0 Å². The number of para-hydroxylation sites is 1. The molecule has 6 heteroatoms. The Morgan fingerprint density at radius 2 is 1.58 bits per heavy atom. The van der Waals surface area contributed by atoms with Crippen LogP contribution in [0.3, 0.4) is 0 Å². The van der Waals surface area contributed by atoms with E-state index < -0.39 is 0 Å². The molecule has 4 bridgehead atoms. The largest absolute Gasteiger partial charge is 0.298 e. The Hall–Kier alpha value is -2.79. The lowest BCUT2D eigenvalue weighted by Crippen LogP contribution is -2.31. The average Bonchev–Trinajstić information content (AvgIpc) is 3.10. The van der Waals surface area contributed by atoms with Crippen molar-refractivity contribution in [3.63, 3.8) is 0 Å². The first-order valence-corrected chi connectivity index (χ1v) is 11.5. The van der Waals surface area contributed by atoms with E-state index in [9.17, 15) is 4.79 Å². The monoisotopic (exact) mass is 432 g/mol. The summed E-state index contributed by atoms with van der Waals surface area (Å²) in [5.41, 5.74) is 10.7. The minimum atomic E-state index is -0.172. The number of carbonyl (C=O) groups is 1. The molecule has 31 heavy (non-hydrogen) atoms. The van der Waals surface area contributed by atoms with E-state index in [0.29, 0.717) is 22.6 Å². The van der Waals surface area contributed by atoms with Crippen LogP contribution in [0.2, 0.25) is 5.02 Å². The lowest BCUT2D eigenvalue weighted by Gasteiger charge is -2.38. The van der Waals surface area contributed by atoms with Gasteiger partial charge in [-0.2, -0.15) is 5.10 Å². The molecule has 7 rings (SSSR count). The number of hydrogen-bond donors (Lipinski definition) is 2. The zero-order valence-corrected chi connectivity index (χ0v) is 18.0. The third-order valence-electron chi connectivity index (χ3n) is 7.27. The molecule has 1 heterocycles. The fraction of sp³-hybridized carbons (Fsp3) is 0.360. The molecule has 2 saturated carbocycles. The number of halogens is 1. The van der Waals surface area contributed by atoms with Gasteiger partial charge in [0.15, 0.2) is 5.69 Å². The van der Waals surface area contributed by atoms with Crippen molar-refractivity contribution in [1.82, 2.24) is 15.2 Å². The molecule has 0 aliphatic heterocycles. The van der Waals surface area contributed by atoms with E-state index in [1.165, 1.54) is 43.4 Å². The van der Waals surface area contributed by atoms with Crippen LogP contribution >= 0.6 is 11.6 Å². The summed E-state index contributed by atoms with van der Waals surface area (Å²) < 4.78 is 2.02. The van der Waals surface area contributed by atoms with Gasteiger partial charge in [0.2, 0.25) is 0 Å². The molecule has 5 nitrogen and oxygen atoms in total. The molecule has 2 atom stereocenters. The molecule has 0 radical (unpaired) electrons. The summed E-state index contributed by atoms with van der Waals surface area (Å²) in [6, 6.07) is 17.4. The van der Waals surface area contributed by atoms with Crippen LogP contribution in [0.15, 0.2) is 54.6 Å². The van der Waals surface area contributed by atoms with Gasteiger partial charge in [0.25, 0.3) is 5.91 Å². The highest BCUT2D eigenvalue weighted by Gasteiger charge is 2.46. The van der Waals surface area contributed by atoms with Crippen molar-refractivity contribution in [1.29, 1.82) is 0 Å². The Morgan fingerprint density at radius 1 is 0.903 bits per heavy atom. The zero-order valence-electron chi connectivity index (χ0n) is 17.2. The molecule has 4 aliphatic carbocycles. The van der Waals surface area contributed by atoms with Crippen LogP contribution in [-0.4, -0.2) is 15.7 Å². The standard InChI is InChI=1S/C25H25ClN4O/c26-19-6-8-21(9-7-19)30-24-18-13-15-10-16(14-18)12-17(11-15)22(24)23(29-30)25(31)28-27-20-4-2-1-3-5-20/h1-9,15-18,27H,10-14H2,(H,28,31). The van der Waals surface area contributed by atoms with E-state index >= 15 is 0 Å². The molecular weight excluding hydrogens is 408 g/mol. The summed E-state index contributed by atoms with van der Waals surface area (Å²) in [5.74, 6) is 2.26. The summed E-state index contributed by atoms with van der Waals surface area (Å²) >= 11 is 6.14. The summed E-state index contributed by atoms with van der Waals surface area (Å²) in [6.07, 6.45) is 6.13. The topological polar surface area (TPSA) is 59.0 Å². The number of nitrogens with zero attached hydrogens (tertiary/aromatic N) is 2. The van der Waals surface area contributed by atoms with Crippen molar-refractivity contribution in [2.24, 2.45) is 11.8 Å². The molecule has 1 aromatic heterocycles. The number of benzene rings is 2. The highest BCUT2D eigenvalue weighted by atomic mass is 35.5. The second-order valence-electron chi connectivity index (χ2n) is 9.29. The number of rotatable bonds is 4. The molecule has 2 aromatic carbocycles. The molecule has 2 unspecified atom stereocenters. The number of anilines is 1. The predicted octanol–water partition coefficient (Wildman–Crippen LogP) is 5.67. The van der Waals surface area contributed by atoms with Gasteiger partial charge in [0, 0.05) is 16.5 Å². The van der Waals surface area contributed by atoms with Crippen LogP contribution in [0.4, 0.5) is 5.69 Å². The highest BCUT2D eigenvalue weighted by Crippen LogP contribution is 2.57.